The van der Waals surface area contributed by atoms with Crippen LogP contribution in [0, 0.1) is 0 Å². The summed E-state index contributed by atoms with van der Waals surface area (Å²) < 4.78 is 38.4. The Morgan fingerprint density at radius 1 is 1.00 bits per heavy atom. The first-order chi connectivity index (χ1) is 13.4. The number of fused-ring (bicyclic) bond motifs is 1. The molecule has 1 aromatic carbocycles. The van der Waals surface area contributed by atoms with Gasteiger partial charge in [-0.1, -0.05) is 24.3 Å². The Bertz CT molecular complexity index is 1070. The highest BCUT2D eigenvalue weighted by atomic mass is 19.4. The molecular weight excluding hydrogens is 369 g/mol. The van der Waals surface area contributed by atoms with Crippen molar-refractivity contribution in [3.8, 4) is 0 Å². The van der Waals surface area contributed by atoms with E-state index in [0.717, 1.165) is 35.9 Å². The second-order valence-electron chi connectivity index (χ2n) is 7.21. The molecule has 3 aromatic rings. The fraction of sp³-hybridized carbons (Fsp3) is 0.250. The molecule has 0 radical (unpaired) electrons. The van der Waals surface area contributed by atoms with E-state index in [1.54, 1.807) is 22.2 Å². The van der Waals surface area contributed by atoms with Crippen molar-refractivity contribution in [2.45, 2.75) is 24.6 Å². The van der Waals surface area contributed by atoms with E-state index in [4.69, 9.17) is 0 Å². The summed E-state index contributed by atoms with van der Waals surface area (Å²) in [6.07, 6.45) is 1.62. The monoisotopic (exact) mass is 384 g/mol. The summed E-state index contributed by atoms with van der Waals surface area (Å²) in [7, 11) is 0. The van der Waals surface area contributed by atoms with E-state index in [0.29, 0.717) is 17.9 Å². The van der Waals surface area contributed by atoms with Gasteiger partial charge in [0.05, 0.1) is 35.9 Å². The lowest BCUT2D eigenvalue weighted by atomic mass is 10.1. The summed E-state index contributed by atoms with van der Waals surface area (Å²) in [5.41, 5.74) is -0.277. The maximum atomic E-state index is 13.3. The average molecular weight is 384 g/mol. The number of rotatable bonds is 2. The van der Waals surface area contributed by atoms with Crippen LogP contribution in [0.15, 0.2) is 55.0 Å². The van der Waals surface area contributed by atoms with Gasteiger partial charge in [0.25, 0.3) is 0 Å². The zero-order valence-corrected chi connectivity index (χ0v) is 14.6. The number of urea groups is 1. The highest BCUT2D eigenvalue weighted by Gasteiger charge is 2.59. The third-order valence-corrected chi connectivity index (χ3v) is 5.41. The van der Waals surface area contributed by atoms with Crippen molar-refractivity contribution in [2.75, 3.05) is 16.3 Å². The van der Waals surface area contributed by atoms with Crippen molar-refractivity contribution in [1.82, 2.24) is 9.97 Å². The van der Waals surface area contributed by atoms with Crippen molar-refractivity contribution in [2.24, 2.45) is 0 Å². The van der Waals surface area contributed by atoms with Crippen LogP contribution in [-0.2, 0) is 6.18 Å². The summed E-state index contributed by atoms with van der Waals surface area (Å²) in [5.74, 6) is 0. The van der Waals surface area contributed by atoms with Gasteiger partial charge in [-0.15, -0.1) is 0 Å². The van der Waals surface area contributed by atoms with E-state index in [1.165, 1.54) is 6.07 Å². The summed E-state index contributed by atoms with van der Waals surface area (Å²) >= 11 is 0. The third kappa shape index (κ3) is 2.51. The molecule has 2 aromatic heterocycles. The standard InChI is InChI=1S/C20H15F3N4O/c21-20(22,23)17-6-5-14(10-25-17)27-18(28)26(12-19(27)7-8-19)16-11-24-9-13-3-1-2-4-15(13)16/h1-6,9-11H,7-8,12H2. The van der Waals surface area contributed by atoms with Crippen LogP contribution in [-0.4, -0.2) is 28.1 Å². The number of hydrogen-bond acceptors (Lipinski definition) is 3. The number of carbonyl (C=O) groups excluding carboxylic acids is 1. The van der Waals surface area contributed by atoms with Crippen LogP contribution in [0.4, 0.5) is 29.3 Å². The molecule has 2 aliphatic rings. The minimum Gasteiger partial charge on any atom is -0.289 e. The topological polar surface area (TPSA) is 49.3 Å². The molecule has 1 aliphatic heterocycles. The first-order valence-corrected chi connectivity index (χ1v) is 8.87. The molecule has 1 saturated carbocycles. The lowest BCUT2D eigenvalue weighted by molar-refractivity contribution is -0.141. The van der Waals surface area contributed by atoms with Gasteiger partial charge in [0.1, 0.15) is 5.69 Å². The summed E-state index contributed by atoms with van der Waals surface area (Å²) in [6.45, 7) is 0.475. The molecule has 3 heterocycles. The normalized spacial score (nSPS) is 18.3. The maximum Gasteiger partial charge on any atom is 0.433 e. The number of halogens is 3. The second-order valence-corrected chi connectivity index (χ2v) is 7.21. The Morgan fingerprint density at radius 3 is 2.46 bits per heavy atom. The molecule has 142 valence electrons. The lowest BCUT2D eigenvalue weighted by Gasteiger charge is -2.23. The minimum atomic E-state index is -4.51. The third-order valence-electron chi connectivity index (χ3n) is 5.41. The van der Waals surface area contributed by atoms with Crippen LogP contribution >= 0.6 is 0 Å². The number of anilines is 2. The Morgan fingerprint density at radius 2 is 1.79 bits per heavy atom. The molecule has 1 spiro atoms. The summed E-state index contributed by atoms with van der Waals surface area (Å²) in [6, 6.07) is 9.63. The molecule has 5 nitrogen and oxygen atoms in total. The minimum absolute atomic E-state index is 0.266. The lowest BCUT2D eigenvalue weighted by Crippen LogP contribution is -2.36. The zero-order valence-electron chi connectivity index (χ0n) is 14.6. The Labute approximate surface area is 158 Å². The molecule has 0 N–H and O–H groups in total. The van der Waals surface area contributed by atoms with Crippen LogP contribution in [0.1, 0.15) is 18.5 Å². The van der Waals surface area contributed by atoms with Crippen molar-refractivity contribution in [3.63, 3.8) is 0 Å². The predicted molar refractivity (Wildman–Crippen MR) is 98.2 cm³/mol. The second kappa shape index (κ2) is 5.67. The van der Waals surface area contributed by atoms with Crippen LogP contribution in [0.2, 0.25) is 0 Å². The van der Waals surface area contributed by atoms with Crippen LogP contribution in [0.25, 0.3) is 10.8 Å². The maximum absolute atomic E-state index is 13.3. The number of carbonyl (C=O) groups is 1. The Kier molecular flexibility index (Phi) is 3.44. The molecule has 0 bridgehead atoms. The van der Waals surface area contributed by atoms with E-state index in [2.05, 4.69) is 9.97 Å². The van der Waals surface area contributed by atoms with Crippen LogP contribution in [0.3, 0.4) is 0 Å². The van der Waals surface area contributed by atoms with Gasteiger partial charge in [-0.05, 0) is 25.0 Å². The van der Waals surface area contributed by atoms with Gasteiger partial charge in [-0.3, -0.25) is 14.8 Å². The van der Waals surface area contributed by atoms with Crippen molar-refractivity contribution >= 4 is 28.2 Å². The van der Waals surface area contributed by atoms with Gasteiger partial charge in [-0.2, -0.15) is 13.2 Å². The number of hydrogen-bond donors (Lipinski definition) is 0. The largest absolute Gasteiger partial charge is 0.433 e. The number of alkyl halides is 3. The quantitative estimate of drug-likeness (QED) is 0.647. The molecule has 5 rings (SSSR count). The van der Waals surface area contributed by atoms with Gasteiger partial charge < -0.3 is 0 Å². The highest BCUT2D eigenvalue weighted by Crippen LogP contribution is 2.50. The smallest absolute Gasteiger partial charge is 0.289 e. The Balaban J connectivity index is 1.54. The van der Waals surface area contributed by atoms with Crippen molar-refractivity contribution < 1.29 is 18.0 Å². The van der Waals surface area contributed by atoms with Gasteiger partial charge in [-0.25, -0.2) is 9.78 Å². The van der Waals surface area contributed by atoms with Gasteiger partial charge >= 0.3 is 12.2 Å². The van der Waals surface area contributed by atoms with Gasteiger partial charge in [0.15, 0.2) is 0 Å². The highest BCUT2D eigenvalue weighted by molar-refractivity contribution is 6.12. The molecule has 1 saturated heterocycles. The van der Waals surface area contributed by atoms with Gasteiger partial charge in [0.2, 0.25) is 0 Å². The number of benzene rings is 1. The van der Waals surface area contributed by atoms with E-state index < -0.39 is 17.4 Å². The molecular formula is C20H15F3N4O. The number of nitrogens with zero attached hydrogens (tertiary/aromatic N) is 4. The molecule has 1 aliphatic carbocycles. The van der Waals surface area contributed by atoms with Gasteiger partial charge in [0, 0.05) is 17.0 Å². The summed E-state index contributed by atoms with van der Waals surface area (Å²) in [4.78, 5) is 24.3. The number of amides is 2. The fourth-order valence-electron chi connectivity index (χ4n) is 3.86. The number of pyridine rings is 2. The van der Waals surface area contributed by atoms with Crippen LogP contribution in [0.5, 0.6) is 0 Å². The first-order valence-electron chi connectivity index (χ1n) is 8.87. The molecule has 2 fully saturated rings. The SMILES string of the molecule is O=C1N(c2cncc3ccccc23)CC2(CC2)N1c1ccc(C(F)(F)F)nc1. The average Bonchev–Trinajstić information content (AvgIpc) is 3.39. The van der Waals surface area contributed by atoms with E-state index >= 15 is 0 Å². The van der Waals surface area contributed by atoms with Crippen molar-refractivity contribution in [3.05, 3.63) is 60.7 Å². The van der Waals surface area contributed by atoms with Crippen LogP contribution < -0.4 is 9.80 Å². The molecule has 0 atom stereocenters. The molecule has 0 unspecified atom stereocenters. The van der Waals surface area contributed by atoms with E-state index in [-0.39, 0.29) is 6.03 Å². The van der Waals surface area contributed by atoms with E-state index in [9.17, 15) is 18.0 Å². The number of aromatic nitrogens is 2. The Hall–Kier alpha value is -3.16. The van der Waals surface area contributed by atoms with Crippen molar-refractivity contribution in [1.29, 1.82) is 0 Å². The summed E-state index contributed by atoms with van der Waals surface area (Å²) in [5, 5.41) is 1.83. The first kappa shape index (κ1) is 17.0. The molecule has 8 heteroatoms. The molecule has 28 heavy (non-hydrogen) atoms. The van der Waals surface area contributed by atoms with E-state index in [1.807, 2.05) is 24.3 Å². The fourth-order valence-corrected chi connectivity index (χ4v) is 3.86. The zero-order chi connectivity index (χ0) is 19.5. The molecule has 2 amide bonds. The predicted octanol–water partition coefficient (Wildman–Crippen LogP) is 4.63.